The highest BCUT2D eigenvalue weighted by Gasteiger charge is 2.27. The number of benzene rings is 1. The second-order valence-electron chi connectivity index (χ2n) is 7.95. The fourth-order valence-corrected chi connectivity index (χ4v) is 7.37. The van der Waals surface area contributed by atoms with Crippen LogP contribution in [0.2, 0.25) is 0 Å². The van der Waals surface area contributed by atoms with Gasteiger partial charge in [-0.25, -0.2) is 8.42 Å². The lowest BCUT2D eigenvalue weighted by molar-refractivity contribution is -0.120. The number of sulfonamides is 1. The number of hydrogen-bond donors (Lipinski definition) is 1. The first kappa shape index (κ1) is 20.6. The maximum absolute atomic E-state index is 12.8. The van der Waals surface area contributed by atoms with Gasteiger partial charge in [-0.3, -0.25) is 4.79 Å². The number of thiophene rings is 1. The van der Waals surface area contributed by atoms with Crippen molar-refractivity contribution in [3.63, 3.8) is 0 Å². The van der Waals surface area contributed by atoms with Crippen LogP contribution in [0.5, 0.6) is 0 Å². The fraction of sp³-hybridized carbons (Fsp3) is 0.500. The molecular weight excluding hydrogens is 404 g/mol. The number of carbonyl (C=O) groups excluding carboxylic acids is 1. The van der Waals surface area contributed by atoms with Crippen LogP contribution in [0.3, 0.4) is 0 Å². The van der Waals surface area contributed by atoms with E-state index < -0.39 is 10.0 Å². The number of hydrogen-bond acceptors (Lipinski definition) is 4. The highest BCUT2D eigenvalue weighted by atomic mass is 32.2. The van der Waals surface area contributed by atoms with E-state index in [0.29, 0.717) is 29.8 Å². The van der Waals surface area contributed by atoms with Gasteiger partial charge in [0, 0.05) is 30.4 Å². The molecule has 1 saturated heterocycles. The third-order valence-corrected chi connectivity index (χ3v) is 9.37. The topological polar surface area (TPSA) is 66.5 Å². The van der Waals surface area contributed by atoms with E-state index in [4.69, 9.17) is 0 Å². The molecule has 1 atom stereocenters. The highest BCUT2D eigenvalue weighted by molar-refractivity contribution is 7.91. The zero-order valence-electron chi connectivity index (χ0n) is 16.6. The van der Waals surface area contributed by atoms with Crippen LogP contribution in [0.4, 0.5) is 0 Å². The first-order valence-electron chi connectivity index (χ1n) is 10.5. The van der Waals surface area contributed by atoms with Crippen molar-refractivity contribution in [1.29, 1.82) is 0 Å². The predicted octanol–water partition coefficient (Wildman–Crippen LogP) is 3.70. The number of aryl methyl sites for hydroxylation is 1. The number of amides is 1. The first-order valence-corrected chi connectivity index (χ1v) is 12.7. The van der Waals surface area contributed by atoms with E-state index in [-0.39, 0.29) is 12.3 Å². The maximum atomic E-state index is 12.8. The monoisotopic (exact) mass is 432 g/mol. The number of rotatable bonds is 6. The van der Waals surface area contributed by atoms with Crippen LogP contribution < -0.4 is 5.32 Å². The Labute approximate surface area is 177 Å². The lowest BCUT2D eigenvalue weighted by Gasteiger charge is -2.25. The molecule has 29 heavy (non-hydrogen) atoms. The van der Waals surface area contributed by atoms with Crippen LogP contribution in [0.15, 0.2) is 40.6 Å². The summed E-state index contributed by atoms with van der Waals surface area (Å²) < 4.78 is 27.5. The van der Waals surface area contributed by atoms with E-state index in [1.54, 1.807) is 16.4 Å². The molecule has 1 aromatic heterocycles. The molecule has 2 heterocycles. The first-order chi connectivity index (χ1) is 14.0. The number of nitrogens with one attached hydrogen (secondary N) is 1. The molecule has 0 spiro atoms. The van der Waals surface area contributed by atoms with Gasteiger partial charge in [0.25, 0.3) is 10.0 Å². The Morgan fingerprint density at radius 3 is 2.69 bits per heavy atom. The molecule has 1 aliphatic heterocycles. The number of piperidine rings is 1. The lowest BCUT2D eigenvalue weighted by Crippen LogP contribution is -2.35. The lowest BCUT2D eigenvalue weighted by atomic mass is 9.83. The number of fused-ring (bicyclic) bond motifs is 1. The summed E-state index contributed by atoms with van der Waals surface area (Å²) in [6, 6.07) is 11.9. The standard InChI is InChI=1S/C22H28N2O3S2/c25-21(23-16-18-9-6-8-17-7-2-3-10-20(17)18)15-19-11-12-22(28-19)29(26,27)24-13-4-1-5-14-24/h2-3,7,10-12,18H,1,4-6,8-9,13-16H2,(H,23,25). The summed E-state index contributed by atoms with van der Waals surface area (Å²) in [5.41, 5.74) is 2.74. The minimum Gasteiger partial charge on any atom is -0.355 e. The molecule has 1 N–H and O–H groups in total. The van der Waals surface area contributed by atoms with Gasteiger partial charge in [-0.1, -0.05) is 30.7 Å². The molecular formula is C22H28N2O3S2. The minimum atomic E-state index is -3.42. The summed E-state index contributed by atoms with van der Waals surface area (Å²) in [5, 5.41) is 3.06. The highest BCUT2D eigenvalue weighted by Crippen LogP contribution is 2.31. The Morgan fingerprint density at radius 1 is 1.07 bits per heavy atom. The summed E-state index contributed by atoms with van der Waals surface area (Å²) in [7, 11) is -3.42. The molecule has 1 aromatic carbocycles. The second kappa shape index (κ2) is 8.98. The summed E-state index contributed by atoms with van der Waals surface area (Å²) >= 11 is 1.22. The Kier molecular flexibility index (Phi) is 6.37. The molecule has 156 valence electrons. The van der Waals surface area contributed by atoms with Crippen molar-refractivity contribution >= 4 is 27.3 Å². The van der Waals surface area contributed by atoms with Crippen molar-refractivity contribution in [3.8, 4) is 0 Å². The van der Waals surface area contributed by atoms with Gasteiger partial charge in [0.1, 0.15) is 4.21 Å². The zero-order chi connectivity index (χ0) is 20.3. The zero-order valence-corrected chi connectivity index (χ0v) is 18.2. The molecule has 0 bridgehead atoms. The number of carbonyl (C=O) groups is 1. The van der Waals surface area contributed by atoms with Crippen molar-refractivity contribution in [1.82, 2.24) is 9.62 Å². The molecule has 4 rings (SSSR count). The molecule has 2 aromatic rings. The van der Waals surface area contributed by atoms with Crippen molar-refractivity contribution < 1.29 is 13.2 Å². The fourth-order valence-electron chi connectivity index (χ4n) is 4.35. The van der Waals surface area contributed by atoms with Crippen LogP contribution in [-0.4, -0.2) is 38.3 Å². The molecule has 5 nitrogen and oxygen atoms in total. The summed E-state index contributed by atoms with van der Waals surface area (Å²) in [6.45, 7) is 1.83. The summed E-state index contributed by atoms with van der Waals surface area (Å²) in [6.07, 6.45) is 6.52. The van der Waals surface area contributed by atoms with Crippen molar-refractivity contribution in [2.24, 2.45) is 0 Å². The van der Waals surface area contributed by atoms with E-state index in [0.717, 1.165) is 43.4 Å². The maximum Gasteiger partial charge on any atom is 0.252 e. The predicted molar refractivity (Wildman–Crippen MR) is 116 cm³/mol. The second-order valence-corrected chi connectivity index (χ2v) is 11.3. The molecule has 1 amide bonds. The molecule has 1 unspecified atom stereocenters. The molecule has 0 saturated carbocycles. The Balaban J connectivity index is 1.34. The van der Waals surface area contributed by atoms with Gasteiger partial charge in [0.15, 0.2) is 0 Å². The molecule has 1 aliphatic carbocycles. The average molecular weight is 433 g/mol. The third kappa shape index (κ3) is 4.73. The van der Waals surface area contributed by atoms with Gasteiger partial charge in [0.2, 0.25) is 5.91 Å². The molecule has 1 fully saturated rings. The van der Waals surface area contributed by atoms with E-state index >= 15 is 0 Å². The van der Waals surface area contributed by atoms with Crippen LogP contribution in [0, 0.1) is 0 Å². The van der Waals surface area contributed by atoms with Crippen LogP contribution in [0.1, 0.15) is 54.0 Å². The van der Waals surface area contributed by atoms with Crippen LogP contribution in [-0.2, 0) is 27.7 Å². The third-order valence-electron chi connectivity index (χ3n) is 5.92. The quantitative estimate of drug-likeness (QED) is 0.757. The Bertz CT molecular complexity index is 962. The van der Waals surface area contributed by atoms with Gasteiger partial charge in [0.05, 0.1) is 6.42 Å². The van der Waals surface area contributed by atoms with Gasteiger partial charge >= 0.3 is 0 Å². The van der Waals surface area contributed by atoms with E-state index in [2.05, 4.69) is 29.6 Å². The Morgan fingerprint density at radius 2 is 1.86 bits per heavy atom. The van der Waals surface area contributed by atoms with Crippen LogP contribution >= 0.6 is 11.3 Å². The van der Waals surface area contributed by atoms with Crippen molar-refractivity contribution in [2.75, 3.05) is 19.6 Å². The number of nitrogens with zero attached hydrogens (tertiary/aromatic N) is 1. The minimum absolute atomic E-state index is 0.0446. The summed E-state index contributed by atoms with van der Waals surface area (Å²) in [5.74, 6) is 0.319. The largest absolute Gasteiger partial charge is 0.355 e. The van der Waals surface area contributed by atoms with Gasteiger partial charge in [-0.05, 0) is 55.4 Å². The molecule has 2 aliphatic rings. The Hall–Kier alpha value is -1.70. The van der Waals surface area contributed by atoms with E-state index in [9.17, 15) is 13.2 Å². The van der Waals surface area contributed by atoms with Crippen LogP contribution in [0.25, 0.3) is 0 Å². The van der Waals surface area contributed by atoms with Crippen molar-refractivity contribution in [3.05, 3.63) is 52.4 Å². The normalized spacial score (nSPS) is 20.2. The van der Waals surface area contributed by atoms with Gasteiger partial charge in [-0.2, -0.15) is 4.31 Å². The summed E-state index contributed by atoms with van der Waals surface area (Å²) in [4.78, 5) is 13.3. The SMILES string of the molecule is O=C(Cc1ccc(S(=O)(=O)N2CCCCC2)s1)NCC1CCCc2ccccc21. The molecule has 7 heteroatoms. The molecule has 0 radical (unpaired) electrons. The van der Waals surface area contributed by atoms with Gasteiger partial charge in [-0.15, -0.1) is 11.3 Å². The van der Waals surface area contributed by atoms with E-state index in [1.165, 1.54) is 22.5 Å². The van der Waals surface area contributed by atoms with E-state index in [1.807, 2.05) is 0 Å². The van der Waals surface area contributed by atoms with Crippen molar-refractivity contribution in [2.45, 2.75) is 55.1 Å². The van der Waals surface area contributed by atoms with Gasteiger partial charge < -0.3 is 5.32 Å². The smallest absolute Gasteiger partial charge is 0.252 e. The average Bonchev–Trinajstić information content (AvgIpc) is 3.22.